The van der Waals surface area contributed by atoms with Crippen molar-refractivity contribution in [3.8, 4) is 0 Å². The molecule has 1 aliphatic rings. The molecule has 1 aliphatic heterocycles. The van der Waals surface area contributed by atoms with Gasteiger partial charge in [-0.15, -0.1) is 11.8 Å². The summed E-state index contributed by atoms with van der Waals surface area (Å²) in [5, 5.41) is 7.14. The SMILES string of the molecule is Cc1cc(CSc2ccccc2C(=O)NCc2ccccc2CN2CCOCC2)no1. The van der Waals surface area contributed by atoms with Crippen LogP contribution in [0.2, 0.25) is 0 Å². The molecule has 0 spiro atoms. The van der Waals surface area contributed by atoms with Gasteiger partial charge in [-0.25, -0.2) is 0 Å². The summed E-state index contributed by atoms with van der Waals surface area (Å²) in [6.45, 7) is 6.69. The Morgan fingerprint density at radius 2 is 1.84 bits per heavy atom. The minimum absolute atomic E-state index is 0.0689. The first-order valence-electron chi connectivity index (χ1n) is 10.5. The Labute approximate surface area is 186 Å². The quantitative estimate of drug-likeness (QED) is 0.537. The summed E-state index contributed by atoms with van der Waals surface area (Å²) < 4.78 is 10.6. The second-order valence-corrected chi connectivity index (χ2v) is 8.57. The molecule has 3 aromatic rings. The number of nitrogens with one attached hydrogen (secondary N) is 1. The monoisotopic (exact) mass is 437 g/mol. The molecule has 2 aromatic carbocycles. The summed E-state index contributed by atoms with van der Waals surface area (Å²) in [6, 6.07) is 17.9. The van der Waals surface area contributed by atoms with E-state index in [4.69, 9.17) is 9.26 Å². The predicted octanol–water partition coefficient (Wildman–Crippen LogP) is 4.04. The highest BCUT2D eigenvalue weighted by atomic mass is 32.2. The highest BCUT2D eigenvalue weighted by Gasteiger charge is 2.15. The maximum Gasteiger partial charge on any atom is 0.252 e. The molecule has 1 N–H and O–H groups in total. The Morgan fingerprint density at radius 3 is 2.61 bits per heavy atom. The number of nitrogens with zero attached hydrogens (tertiary/aromatic N) is 2. The molecule has 4 rings (SSSR count). The number of morpholine rings is 1. The molecule has 1 amide bonds. The fourth-order valence-corrected chi connectivity index (χ4v) is 4.50. The molecule has 1 fully saturated rings. The van der Waals surface area contributed by atoms with Gasteiger partial charge in [-0.1, -0.05) is 41.6 Å². The van der Waals surface area contributed by atoms with Gasteiger partial charge in [0.15, 0.2) is 0 Å². The molecule has 1 aromatic heterocycles. The lowest BCUT2D eigenvalue weighted by Gasteiger charge is -2.27. The molecule has 1 saturated heterocycles. The smallest absolute Gasteiger partial charge is 0.252 e. The number of aryl methyl sites for hydroxylation is 1. The topological polar surface area (TPSA) is 67.6 Å². The van der Waals surface area contributed by atoms with Crippen molar-refractivity contribution in [2.75, 3.05) is 26.3 Å². The van der Waals surface area contributed by atoms with E-state index in [0.717, 1.165) is 54.8 Å². The van der Waals surface area contributed by atoms with Crippen LogP contribution in [0.3, 0.4) is 0 Å². The van der Waals surface area contributed by atoms with E-state index in [9.17, 15) is 4.79 Å². The van der Waals surface area contributed by atoms with Crippen molar-refractivity contribution < 1.29 is 14.1 Å². The van der Waals surface area contributed by atoms with Crippen molar-refractivity contribution in [2.24, 2.45) is 0 Å². The van der Waals surface area contributed by atoms with Gasteiger partial charge in [0.05, 0.1) is 24.5 Å². The van der Waals surface area contributed by atoms with Crippen LogP contribution in [0, 0.1) is 6.92 Å². The number of amides is 1. The highest BCUT2D eigenvalue weighted by Crippen LogP contribution is 2.26. The van der Waals surface area contributed by atoms with Crippen molar-refractivity contribution in [3.05, 3.63) is 82.7 Å². The number of benzene rings is 2. The minimum atomic E-state index is -0.0689. The van der Waals surface area contributed by atoms with Gasteiger partial charge in [-0.2, -0.15) is 0 Å². The summed E-state index contributed by atoms with van der Waals surface area (Å²) in [5.41, 5.74) is 3.94. The molecule has 31 heavy (non-hydrogen) atoms. The molecule has 2 heterocycles. The van der Waals surface area contributed by atoms with Crippen LogP contribution >= 0.6 is 11.8 Å². The number of hydrogen-bond acceptors (Lipinski definition) is 6. The van der Waals surface area contributed by atoms with E-state index in [1.54, 1.807) is 11.8 Å². The summed E-state index contributed by atoms with van der Waals surface area (Å²) in [4.78, 5) is 16.3. The average Bonchev–Trinajstić information content (AvgIpc) is 3.23. The molecule has 0 atom stereocenters. The zero-order chi connectivity index (χ0) is 21.5. The average molecular weight is 438 g/mol. The first-order chi connectivity index (χ1) is 15.2. The van der Waals surface area contributed by atoms with Gasteiger partial charge in [-0.3, -0.25) is 9.69 Å². The van der Waals surface area contributed by atoms with Crippen LogP contribution in [-0.4, -0.2) is 42.3 Å². The summed E-state index contributed by atoms with van der Waals surface area (Å²) >= 11 is 1.59. The van der Waals surface area contributed by atoms with E-state index in [2.05, 4.69) is 33.6 Å². The number of rotatable bonds is 8. The number of hydrogen-bond donors (Lipinski definition) is 1. The van der Waals surface area contributed by atoms with Crippen molar-refractivity contribution in [2.45, 2.75) is 30.7 Å². The molecule has 162 valence electrons. The van der Waals surface area contributed by atoms with Crippen molar-refractivity contribution in [3.63, 3.8) is 0 Å². The van der Waals surface area contributed by atoms with Gasteiger partial charge in [0, 0.05) is 42.9 Å². The Bertz CT molecular complexity index is 1010. The molecule has 0 unspecified atom stereocenters. The van der Waals surface area contributed by atoms with E-state index in [1.165, 1.54) is 5.56 Å². The van der Waals surface area contributed by atoms with E-state index >= 15 is 0 Å². The maximum absolute atomic E-state index is 13.0. The first kappa shape index (κ1) is 21.6. The second-order valence-electron chi connectivity index (χ2n) is 7.55. The van der Waals surface area contributed by atoms with Crippen LogP contribution in [0.4, 0.5) is 0 Å². The number of carbonyl (C=O) groups excluding carboxylic acids is 1. The number of aromatic nitrogens is 1. The second kappa shape index (κ2) is 10.6. The van der Waals surface area contributed by atoms with Crippen LogP contribution in [0.25, 0.3) is 0 Å². The Morgan fingerprint density at radius 1 is 1.10 bits per heavy atom. The summed E-state index contributed by atoms with van der Waals surface area (Å²) in [7, 11) is 0. The van der Waals surface area contributed by atoms with Crippen molar-refractivity contribution in [1.82, 2.24) is 15.4 Å². The van der Waals surface area contributed by atoms with Crippen LogP contribution in [0.1, 0.15) is 32.9 Å². The maximum atomic E-state index is 13.0. The van der Waals surface area contributed by atoms with Crippen LogP contribution < -0.4 is 5.32 Å². The van der Waals surface area contributed by atoms with Crippen LogP contribution in [0.15, 0.2) is 64.0 Å². The Kier molecular flexibility index (Phi) is 7.40. The number of thioether (sulfide) groups is 1. The van der Waals surface area contributed by atoms with Gasteiger partial charge < -0.3 is 14.6 Å². The van der Waals surface area contributed by atoms with Gasteiger partial charge in [-0.05, 0) is 30.2 Å². The fourth-order valence-electron chi connectivity index (χ4n) is 3.57. The molecule has 0 bridgehead atoms. The largest absolute Gasteiger partial charge is 0.379 e. The molecular weight excluding hydrogens is 410 g/mol. The zero-order valence-corrected chi connectivity index (χ0v) is 18.5. The van der Waals surface area contributed by atoms with Crippen LogP contribution in [0.5, 0.6) is 0 Å². The highest BCUT2D eigenvalue weighted by molar-refractivity contribution is 7.98. The predicted molar refractivity (Wildman–Crippen MR) is 121 cm³/mol. The third-order valence-electron chi connectivity index (χ3n) is 5.24. The molecule has 6 nitrogen and oxygen atoms in total. The standard InChI is InChI=1S/C24H27N3O3S/c1-18-14-21(26-30-18)17-31-23-9-5-4-8-22(23)24(28)25-15-19-6-2-3-7-20(19)16-27-10-12-29-13-11-27/h2-9,14H,10-13,15-17H2,1H3,(H,25,28). The molecular formula is C24H27N3O3S. The van der Waals surface area contributed by atoms with E-state index in [-0.39, 0.29) is 5.91 Å². The van der Waals surface area contributed by atoms with E-state index in [0.29, 0.717) is 17.9 Å². The van der Waals surface area contributed by atoms with Gasteiger partial charge in [0.25, 0.3) is 5.91 Å². The van der Waals surface area contributed by atoms with Gasteiger partial charge in [0.2, 0.25) is 0 Å². The van der Waals surface area contributed by atoms with Crippen molar-refractivity contribution in [1.29, 1.82) is 0 Å². The summed E-state index contributed by atoms with van der Waals surface area (Å²) in [6.07, 6.45) is 0. The lowest BCUT2D eigenvalue weighted by atomic mass is 10.1. The molecule has 7 heteroatoms. The third kappa shape index (κ3) is 5.97. The Hall–Kier alpha value is -2.61. The summed E-state index contributed by atoms with van der Waals surface area (Å²) in [5.74, 6) is 1.38. The van der Waals surface area contributed by atoms with Gasteiger partial charge in [0.1, 0.15) is 5.76 Å². The third-order valence-corrected chi connectivity index (χ3v) is 6.35. The van der Waals surface area contributed by atoms with E-state index in [1.807, 2.05) is 43.3 Å². The Balaban J connectivity index is 1.39. The van der Waals surface area contributed by atoms with E-state index < -0.39 is 0 Å². The van der Waals surface area contributed by atoms with Crippen LogP contribution in [-0.2, 0) is 23.6 Å². The number of carbonyl (C=O) groups is 1. The lowest BCUT2D eigenvalue weighted by Crippen LogP contribution is -2.36. The number of ether oxygens (including phenoxy) is 1. The molecule has 0 saturated carbocycles. The van der Waals surface area contributed by atoms with Crippen molar-refractivity contribution >= 4 is 17.7 Å². The normalized spacial score (nSPS) is 14.5. The fraction of sp³-hybridized carbons (Fsp3) is 0.333. The molecule has 0 radical (unpaired) electrons. The lowest BCUT2D eigenvalue weighted by molar-refractivity contribution is 0.0340. The zero-order valence-electron chi connectivity index (χ0n) is 17.7. The first-order valence-corrected chi connectivity index (χ1v) is 11.5. The molecule has 0 aliphatic carbocycles. The minimum Gasteiger partial charge on any atom is -0.379 e. The van der Waals surface area contributed by atoms with Gasteiger partial charge >= 0.3 is 0 Å².